The zero-order valence-electron chi connectivity index (χ0n) is 24.8. The van der Waals surface area contributed by atoms with Crippen LogP contribution in [0.5, 0.6) is 0 Å². The average Bonchev–Trinajstić information content (AvgIpc) is 3.59. The van der Waals surface area contributed by atoms with Crippen molar-refractivity contribution in [3.05, 3.63) is 0 Å². The number of aliphatic carboxylic acids is 2. The second kappa shape index (κ2) is 19.6. The lowest BCUT2D eigenvalue weighted by Crippen LogP contribution is -2.57. The number of rotatable bonds is 11. The molecular weight excluding hydrogens is 570 g/mol. The molecule has 5 amide bonds. The molecule has 0 radical (unpaired) electrons. The Labute approximate surface area is 249 Å². The van der Waals surface area contributed by atoms with Crippen LogP contribution in [0.3, 0.4) is 0 Å². The van der Waals surface area contributed by atoms with Crippen molar-refractivity contribution in [3.63, 3.8) is 0 Å². The molecule has 4 unspecified atom stereocenters. The highest BCUT2D eigenvalue weighted by Crippen LogP contribution is 2.21. The molecule has 2 fully saturated rings. The fourth-order valence-corrected chi connectivity index (χ4v) is 4.37. The van der Waals surface area contributed by atoms with Crippen LogP contribution in [-0.2, 0) is 33.6 Å². The molecule has 0 saturated carbocycles. The average molecular weight is 616 g/mol. The number of hydrogen-bond acceptors (Lipinski definition) is 9. The van der Waals surface area contributed by atoms with Crippen LogP contribution in [0.1, 0.15) is 59.3 Å². The van der Waals surface area contributed by atoms with Crippen molar-refractivity contribution in [2.45, 2.75) is 83.5 Å². The van der Waals surface area contributed by atoms with Gasteiger partial charge in [0.2, 0.25) is 29.5 Å². The molecule has 18 heteroatoms. The van der Waals surface area contributed by atoms with E-state index < -0.39 is 59.7 Å². The van der Waals surface area contributed by atoms with E-state index in [1.807, 2.05) is 0 Å². The van der Waals surface area contributed by atoms with Crippen LogP contribution in [0.4, 0.5) is 0 Å². The van der Waals surface area contributed by atoms with E-state index >= 15 is 0 Å². The molecule has 12 N–H and O–H groups in total. The molecule has 4 atom stereocenters. The van der Waals surface area contributed by atoms with Crippen LogP contribution >= 0.6 is 0 Å². The maximum atomic E-state index is 13.5. The van der Waals surface area contributed by atoms with Gasteiger partial charge >= 0.3 is 0 Å². The lowest BCUT2D eigenvalue weighted by molar-refractivity contribution is -0.143. The van der Waals surface area contributed by atoms with Gasteiger partial charge in [-0.25, -0.2) is 0 Å². The van der Waals surface area contributed by atoms with E-state index in [9.17, 15) is 24.0 Å². The Morgan fingerprint density at radius 2 is 1.33 bits per heavy atom. The van der Waals surface area contributed by atoms with Gasteiger partial charge in [-0.1, -0.05) is 0 Å². The number of carboxylic acid groups (broad SMARTS) is 2. The van der Waals surface area contributed by atoms with Crippen LogP contribution in [0.15, 0.2) is 4.99 Å². The molecule has 2 saturated heterocycles. The maximum Gasteiger partial charge on any atom is 0.300 e. The molecule has 0 spiro atoms. The molecule has 0 aliphatic carbocycles. The van der Waals surface area contributed by atoms with Gasteiger partial charge in [-0.05, 0) is 45.4 Å². The van der Waals surface area contributed by atoms with Crippen molar-refractivity contribution in [1.82, 2.24) is 20.4 Å². The monoisotopic (exact) mass is 615 g/mol. The lowest BCUT2D eigenvalue weighted by Gasteiger charge is -2.31. The third-order valence-electron chi connectivity index (χ3n) is 6.23. The predicted molar refractivity (Wildman–Crippen MR) is 154 cm³/mol. The van der Waals surface area contributed by atoms with E-state index in [4.69, 9.17) is 42.7 Å². The Morgan fingerprint density at radius 1 is 0.860 bits per heavy atom. The summed E-state index contributed by atoms with van der Waals surface area (Å²) in [6.45, 7) is 4.42. The van der Waals surface area contributed by atoms with Gasteiger partial charge in [0.25, 0.3) is 11.9 Å². The molecule has 43 heavy (non-hydrogen) atoms. The standard InChI is InChI=1S/C21H37N9O5.2C2H4O2/c1-12(17(23)32)27-18(33)15-7-4-10-30(15)20(35)13(5-2-8-26-21(24)25)28-19(34)14-6-3-9-29(14)16(31)11-22;2*1-2(3)4/h12-15H,2-11,22H2,1H3,(H2,23,32)(H,27,33)(H,28,34)(H4,24,25,26);2*1H3,(H,3,4). The Morgan fingerprint density at radius 3 is 1.79 bits per heavy atom. The van der Waals surface area contributed by atoms with Crippen LogP contribution in [-0.4, -0.2) is 118 Å². The van der Waals surface area contributed by atoms with Crippen molar-refractivity contribution in [2.75, 3.05) is 26.2 Å². The van der Waals surface area contributed by atoms with E-state index in [-0.39, 0.29) is 31.4 Å². The van der Waals surface area contributed by atoms with Gasteiger partial charge in [0.1, 0.15) is 24.2 Å². The number of carbonyl (C=O) groups excluding carboxylic acids is 5. The summed E-state index contributed by atoms with van der Waals surface area (Å²) in [4.78, 5) is 87.4. The minimum atomic E-state index is -0.950. The van der Waals surface area contributed by atoms with Crippen molar-refractivity contribution in [2.24, 2.45) is 27.9 Å². The smallest absolute Gasteiger partial charge is 0.300 e. The fourth-order valence-electron chi connectivity index (χ4n) is 4.37. The molecule has 244 valence electrons. The van der Waals surface area contributed by atoms with Crippen molar-refractivity contribution in [1.29, 1.82) is 0 Å². The zero-order valence-corrected chi connectivity index (χ0v) is 24.8. The predicted octanol–water partition coefficient (Wildman–Crippen LogP) is -3.36. The topological polar surface area (TPSA) is 307 Å². The number of hydrogen-bond donors (Lipinski definition) is 8. The van der Waals surface area contributed by atoms with E-state index in [0.29, 0.717) is 45.2 Å². The molecule has 2 heterocycles. The number of guanidine groups is 1. The number of nitrogens with zero attached hydrogens (tertiary/aromatic N) is 3. The summed E-state index contributed by atoms with van der Waals surface area (Å²) < 4.78 is 0. The second-order valence-corrected chi connectivity index (χ2v) is 9.82. The molecule has 18 nitrogen and oxygen atoms in total. The summed E-state index contributed by atoms with van der Waals surface area (Å²) >= 11 is 0. The lowest BCUT2D eigenvalue weighted by atomic mass is 10.1. The van der Waals surface area contributed by atoms with E-state index in [2.05, 4.69) is 15.6 Å². The van der Waals surface area contributed by atoms with Gasteiger partial charge in [-0.3, -0.25) is 38.6 Å². The van der Waals surface area contributed by atoms with Crippen molar-refractivity contribution in [3.8, 4) is 0 Å². The van der Waals surface area contributed by atoms with Crippen LogP contribution < -0.4 is 33.6 Å². The molecule has 0 aromatic rings. The highest BCUT2D eigenvalue weighted by atomic mass is 16.4. The summed E-state index contributed by atoms with van der Waals surface area (Å²) in [5.74, 6) is -4.14. The summed E-state index contributed by atoms with van der Waals surface area (Å²) in [6.07, 6.45) is 2.74. The highest BCUT2D eigenvalue weighted by molar-refractivity contribution is 5.96. The number of primary amides is 1. The summed E-state index contributed by atoms with van der Waals surface area (Å²) in [5, 5.41) is 20.1. The number of likely N-dealkylation sites (tertiary alicyclic amines) is 2. The number of nitrogens with one attached hydrogen (secondary N) is 2. The highest BCUT2D eigenvalue weighted by Gasteiger charge is 2.40. The molecule has 0 aromatic heterocycles. The van der Waals surface area contributed by atoms with Crippen molar-refractivity contribution >= 4 is 47.4 Å². The molecule has 0 aromatic carbocycles. The normalized spacial score (nSPS) is 18.4. The third kappa shape index (κ3) is 14.8. The number of carboxylic acids is 2. The Hall–Kier alpha value is -4.48. The number of amides is 5. The molecular formula is C25H45N9O9. The van der Waals surface area contributed by atoms with Gasteiger partial charge in [-0.15, -0.1) is 0 Å². The molecule has 2 aliphatic rings. The van der Waals surface area contributed by atoms with Crippen LogP contribution in [0, 0.1) is 0 Å². The first-order chi connectivity index (χ1) is 20.0. The molecule has 2 aliphatic heterocycles. The van der Waals surface area contributed by atoms with Crippen molar-refractivity contribution < 1.29 is 43.8 Å². The number of carbonyl (C=O) groups is 7. The van der Waals surface area contributed by atoms with Gasteiger partial charge in [-0.2, -0.15) is 0 Å². The first-order valence-electron chi connectivity index (χ1n) is 13.7. The summed E-state index contributed by atoms with van der Waals surface area (Å²) in [7, 11) is 0. The zero-order chi connectivity index (χ0) is 33.3. The number of aliphatic imine (C=N–C) groups is 1. The maximum absolute atomic E-state index is 13.5. The van der Waals surface area contributed by atoms with Gasteiger partial charge in [0.05, 0.1) is 6.54 Å². The largest absolute Gasteiger partial charge is 0.481 e. The molecule has 0 bridgehead atoms. The number of nitrogens with two attached hydrogens (primary N) is 4. The second-order valence-electron chi connectivity index (χ2n) is 9.82. The minimum absolute atomic E-state index is 0.0846. The van der Waals surface area contributed by atoms with Crippen LogP contribution in [0.2, 0.25) is 0 Å². The third-order valence-corrected chi connectivity index (χ3v) is 6.23. The van der Waals surface area contributed by atoms with Gasteiger partial charge < -0.3 is 53.6 Å². The summed E-state index contributed by atoms with van der Waals surface area (Å²) in [6, 6.07) is -3.34. The quantitative estimate of drug-likeness (QED) is 0.0642. The SMILES string of the molecule is CC(=O)O.CC(=O)O.CC(NC(=O)C1CCCN1C(=O)C(CCCN=C(N)N)NC(=O)C1CCCN1C(=O)CN)C(N)=O. The van der Waals surface area contributed by atoms with Crippen LogP contribution in [0.25, 0.3) is 0 Å². The first kappa shape index (κ1) is 38.5. The van der Waals surface area contributed by atoms with E-state index in [0.717, 1.165) is 13.8 Å². The van der Waals surface area contributed by atoms with Gasteiger partial charge in [0, 0.05) is 33.5 Å². The Kier molecular flexibility index (Phi) is 17.6. The van der Waals surface area contributed by atoms with E-state index in [1.165, 1.54) is 16.7 Å². The fraction of sp³-hybridized carbons (Fsp3) is 0.680. The first-order valence-corrected chi connectivity index (χ1v) is 13.7. The van der Waals surface area contributed by atoms with Gasteiger partial charge in [0.15, 0.2) is 5.96 Å². The van der Waals surface area contributed by atoms with E-state index in [1.54, 1.807) is 0 Å². The summed E-state index contributed by atoms with van der Waals surface area (Å²) in [5.41, 5.74) is 21.4. The Bertz CT molecular complexity index is 1010. The minimum Gasteiger partial charge on any atom is -0.481 e. The Balaban J connectivity index is 0.00000195. The molecule has 2 rings (SSSR count).